The first-order valence-electron chi connectivity index (χ1n) is 31.0. The zero-order valence-corrected chi connectivity index (χ0v) is 55.3. The monoisotopic (exact) mass is 1480 g/mol. The van der Waals surface area contributed by atoms with Gasteiger partial charge in [0.2, 0.25) is 0 Å². The number of aliphatic carboxylic acids is 12. The quantitative estimate of drug-likeness (QED) is 0.0219. The summed E-state index contributed by atoms with van der Waals surface area (Å²) in [5.41, 5.74) is -8.00. The van der Waals surface area contributed by atoms with Gasteiger partial charge in [-0.3, -0.25) is 76.7 Å². The van der Waals surface area contributed by atoms with Gasteiger partial charge in [-0.1, -0.05) is 24.3 Å². The van der Waals surface area contributed by atoms with Gasteiger partial charge in [0, 0.05) is 110 Å². The van der Waals surface area contributed by atoms with Crippen LogP contribution in [0.3, 0.4) is 0 Å². The molecule has 16 N–H and O–H groups in total. The van der Waals surface area contributed by atoms with Crippen molar-refractivity contribution in [1.82, 2.24) is 21.3 Å². The molecule has 104 heavy (non-hydrogen) atoms. The maximum Gasteiger partial charge on any atom is 0.303 e. The van der Waals surface area contributed by atoms with Crippen LogP contribution in [0, 0.1) is 30.6 Å². The number of benzene rings is 1. The van der Waals surface area contributed by atoms with Crippen molar-refractivity contribution in [2.45, 2.75) is 189 Å². The van der Waals surface area contributed by atoms with E-state index in [-0.39, 0.29) is 35.3 Å². The maximum atomic E-state index is 14.5. The van der Waals surface area contributed by atoms with Crippen molar-refractivity contribution in [2.24, 2.45) is 0 Å². The van der Waals surface area contributed by atoms with Crippen molar-refractivity contribution in [2.75, 3.05) is 0 Å². The second kappa shape index (κ2) is 43.2. The highest BCUT2D eigenvalue weighted by atomic mass is 16.9. The van der Waals surface area contributed by atoms with Crippen molar-refractivity contribution in [1.29, 1.82) is 0 Å². The Bertz CT molecular complexity index is 3040. The Morgan fingerprint density at radius 2 is 0.404 bits per heavy atom. The fourth-order valence-electron chi connectivity index (χ4n) is 10.8. The van der Waals surface area contributed by atoms with Crippen molar-refractivity contribution < 1.29 is 157 Å². The highest BCUT2D eigenvalue weighted by Crippen LogP contribution is 2.31. The summed E-state index contributed by atoms with van der Waals surface area (Å²) in [6.45, 7) is -0.500. The van der Waals surface area contributed by atoms with Crippen LogP contribution in [0.15, 0.2) is 61.2 Å². The highest BCUT2D eigenvalue weighted by Gasteiger charge is 2.40. The summed E-state index contributed by atoms with van der Waals surface area (Å²) in [5.74, 6) is -21.0. The average Bonchev–Trinajstić information content (AvgIpc) is 0.810. The van der Waals surface area contributed by atoms with Gasteiger partial charge in [0.05, 0.1) is 10.2 Å². The minimum atomic E-state index is -1.80. The van der Waals surface area contributed by atoms with Crippen LogP contribution in [0.4, 0.5) is 0 Å². The van der Waals surface area contributed by atoms with E-state index < -0.39 is 282 Å². The van der Waals surface area contributed by atoms with Gasteiger partial charge in [0.1, 0.15) is 22.3 Å². The van der Waals surface area contributed by atoms with Gasteiger partial charge in [-0.2, -0.15) is 9.13 Å². The lowest BCUT2D eigenvalue weighted by Crippen LogP contribution is -2.51. The summed E-state index contributed by atoms with van der Waals surface area (Å²) < 4.78 is 2.57. The molecule has 0 fully saturated rings. The Balaban J connectivity index is 0.00000640. The van der Waals surface area contributed by atoms with E-state index in [1.54, 1.807) is 0 Å². The molecule has 0 aliphatic heterocycles. The molecule has 0 saturated carbocycles. The van der Waals surface area contributed by atoms with Gasteiger partial charge in [0.15, 0.2) is 37.9 Å². The second-order valence-corrected chi connectivity index (χ2v) is 23.9. The van der Waals surface area contributed by atoms with Crippen LogP contribution in [0.2, 0.25) is 0 Å². The molecule has 1 aromatic carbocycles. The minimum absolute atomic E-state index is 0.250. The van der Waals surface area contributed by atoms with E-state index in [1.165, 1.54) is 58.2 Å². The van der Waals surface area contributed by atoms with Crippen LogP contribution in [0.1, 0.15) is 207 Å². The molecule has 2 aromatic heterocycles. The number of hydrogen-bond donors (Lipinski definition) is 16. The van der Waals surface area contributed by atoms with Gasteiger partial charge >= 0.3 is 71.6 Å². The first-order chi connectivity index (χ1) is 48.3. The van der Waals surface area contributed by atoms with Gasteiger partial charge in [0.25, 0.3) is 23.6 Å². The first kappa shape index (κ1) is 89.5. The highest BCUT2D eigenvalue weighted by molar-refractivity contribution is 6.00. The number of amides is 4. The summed E-state index contributed by atoms with van der Waals surface area (Å²) in [5, 5.41) is 156. The number of carbonyl (C=O) groups excluding carboxylic acids is 4. The molecule has 0 bridgehead atoms. The molecule has 0 aliphatic rings. The van der Waals surface area contributed by atoms with E-state index in [0.29, 0.717) is 11.1 Å². The lowest BCUT2D eigenvalue weighted by atomic mass is 9.83. The number of nitrogens with one attached hydrogen (secondary N) is 4. The van der Waals surface area contributed by atoms with Crippen LogP contribution in [-0.4, -0.2) is 189 Å². The van der Waals surface area contributed by atoms with Gasteiger partial charge in [-0.15, -0.1) is 0 Å². The van der Waals surface area contributed by atoms with E-state index >= 15 is 0 Å². The molecule has 3 rings (SSSR count). The van der Waals surface area contributed by atoms with Crippen molar-refractivity contribution in [3.8, 4) is 0 Å². The largest absolute Gasteiger partial charge is 0.481 e. The molecule has 42 heteroatoms. The van der Waals surface area contributed by atoms with Crippen LogP contribution in [0.25, 0.3) is 0 Å². The molecular formula is C62H78N8O34. The number of pyridine rings is 2. The summed E-state index contributed by atoms with van der Waals surface area (Å²) in [4.78, 5) is 217. The third-order valence-electron chi connectivity index (χ3n) is 16.0. The third-order valence-corrected chi connectivity index (χ3v) is 16.0. The third kappa shape index (κ3) is 37.0. The van der Waals surface area contributed by atoms with Gasteiger partial charge in [-0.25, -0.2) is 0 Å². The molecule has 4 amide bonds. The molecule has 570 valence electrons. The van der Waals surface area contributed by atoms with E-state index in [1.807, 2.05) is 0 Å². The van der Waals surface area contributed by atoms with E-state index in [0.717, 1.165) is 12.1 Å². The summed E-state index contributed by atoms with van der Waals surface area (Å²) in [7, 11) is 0. The fourth-order valence-corrected chi connectivity index (χ4v) is 10.8. The van der Waals surface area contributed by atoms with Crippen LogP contribution in [-0.2, 0) is 70.6 Å². The molecule has 0 aliphatic carbocycles. The number of hydrogen-bond acceptors (Lipinski definition) is 22. The summed E-state index contributed by atoms with van der Waals surface area (Å²) in [6.07, 6.45) is -8.97. The van der Waals surface area contributed by atoms with Gasteiger partial charge < -0.3 is 113 Å². The predicted octanol–water partition coefficient (Wildman–Crippen LogP) is 2.13. The van der Waals surface area contributed by atoms with E-state index in [9.17, 15) is 138 Å². The number of aromatic nitrogens is 2. The first-order valence-corrected chi connectivity index (χ1v) is 31.0. The van der Waals surface area contributed by atoms with Crippen molar-refractivity contribution in [3.05, 3.63) is 125 Å². The lowest BCUT2D eigenvalue weighted by Gasteiger charge is -2.34. The zero-order chi connectivity index (χ0) is 79.3. The van der Waals surface area contributed by atoms with Crippen LogP contribution in [0.5, 0.6) is 0 Å². The molecular weight excluding hydrogens is 1400 g/mol. The number of nitrogens with zero attached hydrogens (tertiary/aromatic N) is 4. The van der Waals surface area contributed by atoms with E-state index in [2.05, 4.69) is 21.3 Å². The van der Waals surface area contributed by atoms with Crippen LogP contribution >= 0.6 is 0 Å². The Morgan fingerprint density at radius 1 is 0.279 bits per heavy atom. The Kier molecular flexibility index (Phi) is 37.1. The van der Waals surface area contributed by atoms with E-state index in [4.69, 9.17) is 30.6 Å². The fraction of sp³-hybridized carbons (Fsp3) is 0.484. The average molecular weight is 1480 g/mol. The zero-order valence-electron chi connectivity index (χ0n) is 55.3. The SMILES string of the molecule is O=C(O)CCC(CCC(=O)O)(CCC(=O)O)NC(=O)c1cc(C(=O)NC(CCC(=O)O)(CCC(=O)O)CCC(=O)O)c[n+](Cc2ccc(C[n+]3cc(C(=O)NC(CCC(=O)O)(CCC(=O)O)CCC(=O)O)cc(C(=O)NC(CCC(=O)O)(CCC(=O)O)CCC(=O)O)c3)cc2)c1.O=[N+]([O-])[O-].O=[N+]([O-])[O-]. The molecule has 2 heterocycles. The topological polar surface area (TPSA) is 704 Å². The lowest BCUT2D eigenvalue weighted by molar-refractivity contribution is -0.689. The smallest absolute Gasteiger partial charge is 0.303 e. The summed E-state index contributed by atoms with van der Waals surface area (Å²) in [6, 6.07) is 8.11. The Labute approximate surface area is 586 Å². The normalized spacial score (nSPS) is 11.1. The van der Waals surface area contributed by atoms with Crippen molar-refractivity contribution >= 4 is 95.3 Å². The molecule has 0 unspecified atom stereocenters. The minimum Gasteiger partial charge on any atom is -0.481 e. The maximum absolute atomic E-state index is 14.5. The molecule has 3 aromatic rings. The molecule has 0 saturated heterocycles. The molecule has 0 spiro atoms. The number of carboxylic acid groups (broad SMARTS) is 12. The number of carbonyl (C=O) groups is 16. The molecule has 42 nitrogen and oxygen atoms in total. The predicted molar refractivity (Wildman–Crippen MR) is 342 cm³/mol. The summed E-state index contributed by atoms with van der Waals surface area (Å²) >= 11 is 0. The number of carboxylic acids is 12. The van der Waals surface area contributed by atoms with Crippen molar-refractivity contribution in [3.63, 3.8) is 0 Å². The molecule has 0 atom stereocenters. The second-order valence-electron chi connectivity index (χ2n) is 23.9. The standard InChI is InChI=1S/C62H76N6O28.2NO3/c69-43(70)5-17-59(18-6-44(71)72,19-7-45(73)74)63-55(93)39-29-40(56(94)64-60(20-8-46(75)76,21-9-47(77)78)22-10-48(79)80)34-67(33-39)31-37-1-2-38(4-3-37)32-68-35-41(57(95)65-61(23-11-49(81)82,24-12-50(83)84)25-13-51(85)86)30-42(36-68)58(96)66-62(26-14-52(87)88,27-15-53(89)90)28-16-54(91)92;2*2-1(3)4/h1-4,29-30,33-36H,5-28,31-32H2,(H14-2,63,64,65,66,69,70,71,72,73,74,75,76,77,78,79,80,81,82,83,84,85,86,87,88,89,90,91,92,93,94,95,96);;/q;2*-1/p+2. The molecule has 0 radical (unpaired) electrons. The van der Waals surface area contributed by atoms with Gasteiger partial charge in [-0.05, 0) is 89.2 Å². The van der Waals surface area contributed by atoms with Crippen LogP contribution < -0.4 is 30.4 Å². The number of rotatable bonds is 48. The Hall–Kier alpha value is -12.6. The Morgan fingerprint density at radius 3 is 0.519 bits per heavy atom.